The zero-order valence-electron chi connectivity index (χ0n) is 16.1. The zero-order chi connectivity index (χ0) is 20.2. The molecule has 1 saturated carbocycles. The average Bonchev–Trinajstić information content (AvgIpc) is 3.34. The minimum Gasteiger partial charge on any atom is -0.312 e. The van der Waals surface area contributed by atoms with Crippen molar-refractivity contribution < 1.29 is 19.2 Å². The molecule has 1 aromatic rings. The topological polar surface area (TPSA) is 108 Å². The number of imide groups is 2. The van der Waals surface area contributed by atoms with Gasteiger partial charge in [0.15, 0.2) is 0 Å². The van der Waals surface area contributed by atoms with E-state index in [-0.39, 0.29) is 24.3 Å². The van der Waals surface area contributed by atoms with Crippen molar-refractivity contribution in [1.82, 2.24) is 20.9 Å². The third-order valence-corrected chi connectivity index (χ3v) is 6.89. The van der Waals surface area contributed by atoms with E-state index in [2.05, 4.69) is 16.0 Å². The predicted molar refractivity (Wildman–Crippen MR) is 103 cm³/mol. The zero-order valence-corrected chi connectivity index (χ0v) is 16.1. The van der Waals surface area contributed by atoms with Gasteiger partial charge in [-0.2, -0.15) is 0 Å². The summed E-state index contributed by atoms with van der Waals surface area (Å²) >= 11 is 0. The summed E-state index contributed by atoms with van der Waals surface area (Å²) in [5.74, 6) is -1.88. The Hall–Kier alpha value is -2.58. The second-order valence-corrected chi connectivity index (χ2v) is 8.49. The summed E-state index contributed by atoms with van der Waals surface area (Å²) in [7, 11) is 0. The molecule has 3 fully saturated rings. The van der Waals surface area contributed by atoms with E-state index in [1.54, 1.807) is 12.1 Å². The van der Waals surface area contributed by atoms with E-state index in [1.165, 1.54) is 12.8 Å². The van der Waals surface area contributed by atoms with Crippen LogP contribution in [0.5, 0.6) is 0 Å². The van der Waals surface area contributed by atoms with Crippen molar-refractivity contribution in [2.75, 3.05) is 6.54 Å². The van der Waals surface area contributed by atoms with E-state index in [0.29, 0.717) is 23.7 Å². The lowest BCUT2D eigenvalue weighted by Crippen LogP contribution is -2.54. The van der Waals surface area contributed by atoms with Crippen LogP contribution < -0.4 is 16.0 Å². The second-order valence-electron chi connectivity index (χ2n) is 8.49. The maximum atomic E-state index is 12.9. The normalized spacial score (nSPS) is 31.2. The Balaban J connectivity index is 1.34. The molecular weight excluding hydrogens is 372 g/mol. The third kappa shape index (κ3) is 2.89. The van der Waals surface area contributed by atoms with E-state index < -0.39 is 23.8 Å². The number of nitrogens with zero attached hydrogens (tertiary/aromatic N) is 1. The number of fused-ring (bicyclic) bond motifs is 2. The Morgan fingerprint density at radius 2 is 1.90 bits per heavy atom. The molecule has 0 spiro atoms. The van der Waals surface area contributed by atoms with Gasteiger partial charge in [-0.3, -0.25) is 29.4 Å². The summed E-state index contributed by atoms with van der Waals surface area (Å²) in [5.41, 5.74) is 1.73. The molecule has 152 valence electrons. The van der Waals surface area contributed by atoms with Gasteiger partial charge in [-0.05, 0) is 56.3 Å². The van der Waals surface area contributed by atoms with Gasteiger partial charge in [-0.25, -0.2) is 0 Å². The van der Waals surface area contributed by atoms with Crippen LogP contribution in [0, 0.1) is 0 Å². The summed E-state index contributed by atoms with van der Waals surface area (Å²) < 4.78 is 0. The van der Waals surface area contributed by atoms with Gasteiger partial charge < -0.3 is 10.6 Å². The van der Waals surface area contributed by atoms with Gasteiger partial charge in [0.2, 0.25) is 11.8 Å². The van der Waals surface area contributed by atoms with Crippen molar-refractivity contribution in [3.8, 4) is 0 Å². The van der Waals surface area contributed by atoms with Crippen molar-refractivity contribution in [3.63, 3.8) is 0 Å². The highest BCUT2D eigenvalue weighted by molar-refractivity contribution is 6.23. The number of rotatable bonds is 4. The molecule has 3 aliphatic heterocycles. The number of amides is 4. The fraction of sp³-hybridized carbons (Fsp3) is 0.524. The molecule has 3 unspecified atom stereocenters. The van der Waals surface area contributed by atoms with E-state index in [4.69, 9.17) is 0 Å². The van der Waals surface area contributed by atoms with Crippen LogP contribution in [0.1, 0.15) is 64.8 Å². The van der Waals surface area contributed by atoms with Gasteiger partial charge in [-0.15, -0.1) is 0 Å². The lowest BCUT2D eigenvalue weighted by Gasteiger charge is -2.30. The molecule has 1 aromatic carbocycles. The molecule has 0 bridgehead atoms. The molecule has 1 aliphatic carbocycles. The maximum absolute atomic E-state index is 12.9. The first-order valence-corrected chi connectivity index (χ1v) is 10.3. The molecule has 3 heterocycles. The Bertz CT molecular complexity index is 917. The molecule has 0 radical (unpaired) electrons. The van der Waals surface area contributed by atoms with Crippen LogP contribution >= 0.6 is 0 Å². The molecule has 0 aromatic heterocycles. The molecule has 8 heteroatoms. The summed E-state index contributed by atoms with van der Waals surface area (Å²) in [6.45, 7) is 1.65. The lowest BCUT2D eigenvalue weighted by atomic mass is 9.92. The van der Waals surface area contributed by atoms with E-state index >= 15 is 0 Å². The Labute approximate surface area is 168 Å². The van der Waals surface area contributed by atoms with Gasteiger partial charge in [0.25, 0.3) is 11.8 Å². The number of carbonyl (C=O) groups excluding carboxylic acids is 4. The summed E-state index contributed by atoms with van der Waals surface area (Å²) in [6.07, 6.45) is 4.94. The molecule has 5 rings (SSSR count). The first kappa shape index (κ1) is 18.4. The fourth-order valence-electron chi connectivity index (χ4n) is 5.34. The lowest BCUT2D eigenvalue weighted by molar-refractivity contribution is -0.136. The van der Waals surface area contributed by atoms with Crippen LogP contribution in [0.3, 0.4) is 0 Å². The quantitative estimate of drug-likeness (QED) is 0.639. The number of carbonyl (C=O) groups is 4. The van der Waals surface area contributed by atoms with Gasteiger partial charge in [0.05, 0.1) is 11.1 Å². The highest BCUT2D eigenvalue weighted by atomic mass is 16.2. The second kappa shape index (κ2) is 6.74. The highest BCUT2D eigenvalue weighted by Gasteiger charge is 2.46. The standard InChI is InChI=1S/C21H24N4O4/c26-17-6-5-15(18(27)24-17)25-19(28)13-4-3-12(10-14(13)20(25)29)11-23-21-7-1-2-16(21)22-9-8-21/h3-4,10,15-16,22-23H,1-2,5-9,11H2,(H,24,26,27). The minimum atomic E-state index is -0.927. The number of piperidine rings is 1. The van der Waals surface area contributed by atoms with Gasteiger partial charge in [-0.1, -0.05) is 6.07 Å². The first-order chi connectivity index (χ1) is 14.0. The maximum Gasteiger partial charge on any atom is 0.262 e. The number of benzene rings is 1. The average molecular weight is 396 g/mol. The van der Waals surface area contributed by atoms with Crippen LogP contribution in [0.25, 0.3) is 0 Å². The molecule has 2 saturated heterocycles. The molecule has 4 amide bonds. The number of hydrogen-bond donors (Lipinski definition) is 3. The van der Waals surface area contributed by atoms with E-state index in [1.807, 2.05) is 6.07 Å². The van der Waals surface area contributed by atoms with Crippen LogP contribution in [-0.4, -0.2) is 52.7 Å². The SMILES string of the molecule is O=C1CCC(N2C(=O)c3ccc(CNC45CCCC4NCC5)cc3C2=O)C(=O)N1. The van der Waals surface area contributed by atoms with Gasteiger partial charge >= 0.3 is 0 Å². The summed E-state index contributed by atoms with van der Waals surface area (Å²) in [5, 5.41) is 9.49. The highest BCUT2D eigenvalue weighted by Crippen LogP contribution is 2.37. The van der Waals surface area contributed by atoms with Gasteiger partial charge in [0.1, 0.15) is 6.04 Å². The van der Waals surface area contributed by atoms with E-state index in [9.17, 15) is 19.2 Å². The Morgan fingerprint density at radius 1 is 1.07 bits per heavy atom. The Morgan fingerprint density at radius 3 is 2.72 bits per heavy atom. The molecular formula is C21H24N4O4. The van der Waals surface area contributed by atoms with Crippen LogP contribution in [0.4, 0.5) is 0 Å². The monoisotopic (exact) mass is 396 g/mol. The Kier molecular flexibility index (Phi) is 4.29. The first-order valence-electron chi connectivity index (χ1n) is 10.3. The predicted octanol–water partition coefficient (Wildman–Crippen LogP) is 0.462. The van der Waals surface area contributed by atoms with Gasteiger partial charge in [0, 0.05) is 24.5 Å². The molecule has 29 heavy (non-hydrogen) atoms. The minimum absolute atomic E-state index is 0.121. The summed E-state index contributed by atoms with van der Waals surface area (Å²) in [6, 6.07) is 4.88. The fourth-order valence-corrected chi connectivity index (χ4v) is 5.34. The number of hydrogen-bond acceptors (Lipinski definition) is 6. The smallest absolute Gasteiger partial charge is 0.262 e. The third-order valence-electron chi connectivity index (χ3n) is 6.89. The van der Waals surface area contributed by atoms with Crippen LogP contribution in [0.15, 0.2) is 18.2 Å². The molecule has 3 atom stereocenters. The number of nitrogens with one attached hydrogen (secondary N) is 3. The molecule has 3 N–H and O–H groups in total. The largest absolute Gasteiger partial charge is 0.312 e. The molecule has 4 aliphatic rings. The van der Waals surface area contributed by atoms with Crippen LogP contribution in [-0.2, 0) is 16.1 Å². The van der Waals surface area contributed by atoms with Crippen LogP contribution in [0.2, 0.25) is 0 Å². The summed E-state index contributed by atoms with van der Waals surface area (Å²) in [4.78, 5) is 50.3. The van der Waals surface area contributed by atoms with Crippen molar-refractivity contribution >= 4 is 23.6 Å². The van der Waals surface area contributed by atoms with Crippen molar-refractivity contribution in [3.05, 3.63) is 34.9 Å². The van der Waals surface area contributed by atoms with Crippen molar-refractivity contribution in [2.45, 2.75) is 62.7 Å². The van der Waals surface area contributed by atoms with Crippen molar-refractivity contribution in [2.24, 2.45) is 0 Å². The molecule has 8 nitrogen and oxygen atoms in total. The van der Waals surface area contributed by atoms with E-state index in [0.717, 1.165) is 29.8 Å². The van der Waals surface area contributed by atoms with Crippen molar-refractivity contribution in [1.29, 1.82) is 0 Å².